The van der Waals surface area contributed by atoms with Gasteiger partial charge in [0.25, 0.3) is 5.91 Å². The first-order chi connectivity index (χ1) is 17.9. The topological polar surface area (TPSA) is 131 Å². The van der Waals surface area contributed by atoms with Crippen molar-refractivity contribution >= 4 is 40.1 Å². The number of carbonyl (C=O) groups is 1. The number of carbonyl (C=O) groups excluding carboxylic acids is 1. The van der Waals surface area contributed by atoms with E-state index in [0.717, 1.165) is 29.9 Å². The van der Waals surface area contributed by atoms with E-state index < -0.39 is 0 Å². The van der Waals surface area contributed by atoms with Gasteiger partial charge in [-0.15, -0.1) is 0 Å². The molecule has 3 N–H and O–H groups in total. The first-order valence-electron chi connectivity index (χ1n) is 12.6. The molecule has 2 fully saturated rings. The summed E-state index contributed by atoms with van der Waals surface area (Å²) >= 11 is 0. The molecule has 0 radical (unpaired) electrons. The van der Waals surface area contributed by atoms with Crippen LogP contribution < -0.4 is 16.0 Å². The van der Waals surface area contributed by atoms with Gasteiger partial charge in [-0.25, -0.2) is 9.67 Å². The summed E-state index contributed by atoms with van der Waals surface area (Å²) in [5, 5.41) is 19.0. The smallest absolute Gasteiger partial charge is 0.252 e. The van der Waals surface area contributed by atoms with Crippen molar-refractivity contribution in [2.24, 2.45) is 14.1 Å². The number of hydrogen-bond acceptors (Lipinski definition) is 9. The molecular weight excluding hydrogens is 470 g/mol. The van der Waals surface area contributed by atoms with Gasteiger partial charge in [0.1, 0.15) is 0 Å². The lowest BCUT2D eigenvalue weighted by atomic mass is 9.68. The second-order valence-corrected chi connectivity index (χ2v) is 9.98. The van der Waals surface area contributed by atoms with Crippen LogP contribution in [0.3, 0.4) is 0 Å². The molecule has 1 spiro atoms. The number of anilines is 4. The van der Waals surface area contributed by atoms with Crippen LogP contribution in [0.5, 0.6) is 0 Å². The minimum Gasteiger partial charge on any atom is -0.351 e. The molecule has 1 saturated heterocycles. The molecule has 0 atom stereocenters. The van der Waals surface area contributed by atoms with Gasteiger partial charge in [0.2, 0.25) is 5.95 Å². The van der Waals surface area contributed by atoms with Crippen LogP contribution in [-0.2, 0) is 14.1 Å². The Morgan fingerprint density at radius 3 is 2.68 bits per heavy atom. The summed E-state index contributed by atoms with van der Waals surface area (Å²) in [7, 11) is 3.68. The summed E-state index contributed by atoms with van der Waals surface area (Å²) in [5.74, 6) is 0.920. The van der Waals surface area contributed by atoms with E-state index in [1.807, 2.05) is 33.3 Å². The minimum absolute atomic E-state index is 0.126. The van der Waals surface area contributed by atoms with Crippen LogP contribution >= 0.6 is 0 Å². The molecule has 192 valence electrons. The molecule has 0 aromatic carbocycles. The Labute approximate surface area is 214 Å². The molecule has 1 saturated carbocycles. The second kappa shape index (κ2) is 9.11. The van der Waals surface area contributed by atoms with E-state index in [4.69, 9.17) is 0 Å². The summed E-state index contributed by atoms with van der Waals surface area (Å²) in [4.78, 5) is 28.9. The zero-order chi connectivity index (χ0) is 25.6. The molecule has 0 unspecified atom stereocenters. The molecule has 1 amide bonds. The Balaban J connectivity index is 1.14. The Bertz CT molecular complexity index is 1460. The summed E-state index contributed by atoms with van der Waals surface area (Å²) < 4.78 is 3.39. The van der Waals surface area contributed by atoms with Gasteiger partial charge in [0.15, 0.2) is 11.5 Å². The highest BCUT2D eigenvalue weighted by atomic mass is 16.1. The van der Waals surface area contributed by atoms with Gasteiger partial charge in [-0.05, 0) is 38.7 Å². The van der Waals surface area contributed by atoms with E-state index in [9.17, 15) is 4.79 Å². The number of amides is 1. The predicted octanol–water partition coefficient (Wildman–Crippen LogP) is 2.65. The highest BCUT2D eigenvalue weighted by Crippen LogP contribution is 2.46. The van der Waals surface area contributed by atoms with Gasteiger partial charge in [0, 0.05) is 57.9 Å². The van der Waals surface area contributed by atoms with Crippen LogP contribution in [0.4, 0.5) is 23.1 Å². The Kier molecular flexibility index (Phi) is 5.75. The van der Waals surface area contributed by atoms with Crippen LogP contribution in [0, 0.1) is 6.92 Å². The summed E-state index contributed by atoms with van der Waals surface area (Å²) in [6, 6.07) is 1.81. The zero-order valence-electron chi connectivity index (χ0n) is 21.3. The van der Waals surface area contributed by atoms with E-state index >= 15 is 0 Å². The molecule has 1 aliphatic carbocycles. The molecule has 37 heavy (non-hydrogen) atoms. The quantitative estimate of drug-likeness (QED) is 0.333. The molecule has 6 rings (SSSR count). The fraction of sp³-hybridized carbons (Fsp3) is 0.440. The predicted molar refractivity (Wildman–Crippen MR) is 140 cm³/mol. The first kappa shape index (κ1) is 23.3. The van der Waals surface area contributed by atoms with Crippen molar-refractivity contribution in [3.63, 3.8) is 0 Å². The Morgan fingerprint density at radius 2 is 1.97 bits per heavy atom. The number of likely N-dealkylation sites (tertiary alicyclic amines) is 1. The zero-order valence-corrected chi connectivity index (χ0v) is 21.3. The lowest BCUT2D eigenvalue weighted by Gasteiger charge is -2.59. The standard InChI is InChI=1S/C25H31N11O/c1-16-20(11-17(12-27-16)23(37)26-8-10-36-9-7-25(36)5-4-6-25)31-21-19-14-28-24(32-22(19)35(3)33-21)30-18-13-29-34(2)15-18/h11-15H,4-10H2,1-3H3,(H,26,37)(H,31,33)(H,28,30,32). The third-order valence-electron chi connectivity index (χ3n) is 7.61. The monoisotopic (exact) mass is 501 g/mol. The molecule has 5 heterocycles. The maximum absolute atomic E-state index is 12.8. The maximum Gasteiger partial charge on any atom is 0.252 e. The summed E-state index contributed by atoms with van der Waals surface area (Å²) in [6.07, 6.45) is 12.1. The third kappa shape index (κ3) is 4.37. The normalized spacial score (nSPS) is 16.4. The van der Waals surface area contributed by atoms with Gasteiger partial charge < -0.3 is 16.0 Å². The molecule has 2 aliphatic rings. The van der Waals surface area contributed by atoms with Crippen LogP contribution in [0.15, 0.2) is 30.9 Å². The van der Waals surface area contributed by atoms with E-state index in [2.05, 4.69) is 46.0 Å². The third-order valence-corrected chi connectivity index (χ3v) is 7.61. The number of pyridine rings is 1. The second-order valence-electron chi connectivity index (χ2n) is 9.98. The van der Waals surface area contributed by atoms with E-state index in [1.54, 1.807) is 28.0 Å². The lowest BCUT2D eigenvalue weighted by molar-refractivity contribution is -0.0708. The lowest BCUT2D eigenvalue weighted by Crippen LogP contribution is -2.64. The van der Waals surface area contributed by atoms with Gasteiger partial charge in [-0.1, -0.05) is 0 Å². The van der Waals surface area contributed by atoms with E-state index in [1.165, 1.54) is 25.7 Å². The van der Waals surface area contributed by atoms with E-state index in [0.29, 0.717) is 40.7 Å². The van der Waals surface area contributed by atoms with Crippen LogP contribution in [0.2, 0.25) is 0 Å². The average molecular weight is 502 g/mol. The number of aryl methyl sites for hydroxylation is 3. The number of fused-ring (bicyclic) bond motifs is 1. The molecule has 1 aliphatic heterocycles. The number of aromatic nitrogens is 7. The van der Waals surface area contributed by atoms with E-state index in [-0.39, 0.29) is 5.91 Å². The molecule has 12 heteroatoms. The fourth-order valence-corrected chi connectivity index (χ4v) is 5.21. The number of nitrogens with zero attached hydrogens (tertiary/aromatic N) is 8. The molecule has 4 aromatic heterocycles. The van der Waals surface area contributed by atoms with Crippen molar-refractivity contribution in [2.45, 2.75) is 38.1 Å². The largest absolute Gasteiger partial charge is 0.351 e. The minimum atomic E-state index is -0.126. The van der Waals surface area contributed by atoms with Crippen molar-refractivity contribution < 1.29 is 4.79 Å². The van der Waals surface area contributed by atoms with Crippen molar-refractivity contribution in [2.75, 3.05) is 30.3 Å². The van der Waals surface area contributed by atoms with Gasteiger partial charge in [-0.3, -0.25) is 19.4 Å². The Morgan fingerprint density at radius 1 is 1.11 bits per heavy atom. The van der Waals surface area contributed by atoms with Crippen molar-refractivity contribution in [3.05, 3.63) is 42.1 Å². The highest BCUT2D eigenvalue weighted by molar-refractivity contribution is 5.96. The van der Waals surface area contributed by atoms with Crippen LogP contribution in [0.1, 0.15) is 41.7 Å². The average Bonchev–Trinajstić information content (AvgIpc) is 3.38. The molecular formula is C25H31N11O. The maximum atomic E-state index is 12.8. The SMILES string of the molecule is Cc1ncc(C(=O)NCCN2CCC23CCC3)cc1Nc1nn(C)c2nc(Nc3cnn(C)c3)ncc12. The number of nitrogens with one attached hydrogen (secondary N) is 3. The fourth-order valence-electron chi connectivity index (χ4n) is 5.21. The van der Waals surface area contributed by atoms with Gasteiger partial charge in [-0.2, -0.15) is 15.2 Å². The molecule has 12 nitrogen and oxygen atoms in total. The molecule has 4 aromatic rings. The Hall–Kier alpha value is -4.06. The first-order valence-corrected chi connectivity index (χ1v) is 12.6. The van der Waals surface area contributed by atoms with Crippen molar-refractivity contribution in [3.8, 4) is 0 Å². The number of rotatable bonds is 8. The van der Waals surface area contributed by atoms with Crippen molar-refractivity contribution in [1.82, 2.24) is 44.7 Å². The van der Waals surface area contributed by atoms with Crippen LogP contribution in [0.25, 0.3) is 11.0 Å². The summed E-state index contributed by atoms with van der Waals surface area (Å²) in [5.41, 5.74) is 3.89. The summed E-state index contributed by atoms with van der Waals surface area (Å²) in [6.45, 7) is 4.56. The van der Waals surface area contributed by atoms with Crippen LogP contribution in [-0.4, -0.2) is 70.5 Å². The highest BCUT2D eigenvalue weighted by Gasteiger charge is 2.48. The number of hydrogen-bond donors (Lipinski definition) is 3. The van der Waals surface area contributed by atoms with Gasteiger partial charge in [0.05, 0.1) is 34.2 Å². The van der Waals surface area contributed by atoms with Gasteiger partial charge >= 0.3 is 0 Å². The van der Waals surface area contributed by atoms with Crippen molar-refractivity contribution in [1.29, 1.82) is 0 Å². The molecule has 0 bridgehead atoms.